The fourth-order valence-electron chi connectivity index (χ4n) is 3.75. The predicted molar refractivity (Wildman–Crippen MR) is 102 cm³/mol. The van der Waals surface area contributed by atoms with E-state index in [0.29, 0.717) is 23.6 Å². The molecule has 7 heteroatoms. The molecule has 0 bridgehead atoms. The van der Waals surface area contributed by atoms with Crippen molar-refractivity contribution in [2.45, 2.75) is 26.3 Å². The van der Waals surface area contributed by atoms with Crippen LogP contribution < -0.4 is 16.1 Å². The number of imidazole rings is 1. The molecule has 7 nitrogen and oxygen atoms in total. The Bertz CT molecular complexity index is 1050. The number of nitrogens with zero attached hydrogens (tertiary/aromatic N) is 4. The first kappa shape index (κ1) is 16.6. The molecule has 1 aromatic carbocycles. The zero-order valence-electron chi connectivity index (χ0n) is 15.1. The number of aromatic amines is 1. The Morgan fingerprint density at radius 3 is 2.73 bits per heavy atom. The standard InChI is InChI=1S/C19H23N5O2/c1-13-7-6-10-23(11-13)18-20-16-15(17(25)21-19(26)22(16)2)24(18)12-14-8-4-3-5-9-14/h3-5,8-9,13H,6-7,10-12H2,1-2H3,(H,21,25,26). The van der Waals surface area contributed by atoms with Crippen LogP contribution in [0.4, 0.5) is 5.95 Å². The van der Waals surface area contributed by atoms with E-state index in [1.807, 2.05) is 34.9 Å². The van der Waals surface area contributed by atoms with Crippen LogP contribution in [0.25, 0.3) is 11.2 Å². The molecule has 3 aromatic rings. The van der Waals surface area contributed by atoms with Gasteiger partial charge in [0.2, 0.25) is 5.95 Å². The number of fused-ring (bicyclic) bond motifs is 1. The molecule has 1 saturated heterocycles. The van der Waals surface area contributed by atoms with Crippen LogP contribution in [-0.2, 0) is 13.6 Å². The number of aryl methyl sites for hydroxylation is 1. The number of hydrogen-bond acceptors (Lipinski definition) is 4. The van der Waals surface area contributed by atoms with Crippen molar-refractivity contribution in [2.24, 2.45) is 13.0 Å². The Hall–Kier alpha value is -2.83. The Morgan fingerprint density at radius 2 is 2.00 bits per heavy atom. The van der Waals surface area contributed by atoms with Gasteiger partial charge in [0.25, 0.3) is 5.56 Å². The molecule has 136 valence electrons. The van der Waals surface area contributed by atoms with E-state index >= 15 is 0 Å². The second-order valence-corrected chi connectivity index (χ2v) is 7.17. The Morgan fingerprint density at radius 1 is 1.23 bits per heavy atom. The third-order valence-corrected chi connectivity index (χ3v) is 5.11. The normalized spacial score (nSPS) is 17.8. The van der Waals surface area contributed by atoms with Crippen molar-refractivity contribution in [1.29, 1.82) is 0 Å². The molecule has 0 amide bonds. The van der Waals surface area contributed by atoms with Gasteiger partial charge in [-0.15, -0.1) is 0 Å². The number of H-pyrrole nitrogens is 1. The van der Waals surface area contributed by atoms with Gasteiger partial charge in [-0.25, -0.2) is 4.79 Å². The first-order chi connectivity index (χ1) is 12.5. The van der Waals surface area contributed by atoms with Crippen molar-refractivity contribution >= 4 is 17.1 Å². The van der Waals surface area contributed by atoms with E-state index in [-0.39, 0.29) is 5.56 Å². The molecule has 4 rings (SSSR count). The summed E-state index contributed by atoms with van der Waals surface area (Å²) in [5.74, 6) is 1.35. The molecule has 1 atom stereocenters. The second-order valence-electron chi connectivity index (χ2n) is 7.17. The molecular weight excluding hydrogens is 330 g/mol. The average Bonchev–Trinajstić information content (AvgIpc) is 3.01. The fraction of sp³-hybridized carbons (Fsp3) is 0.421. The van der Waals surface area contributed by atoms with Gasteiger partial charge in [-0.1, -0.05) is 37.3 Å². The van der Waals surface area contributed by atoms with Crippen LogP contribution in [0.1, 0.15) is 25.3 Å². The molecule has 0 spiro atoms. The number of nitrogens with one attached hydrogen (secondary N) is 1. The van der Waals surface area contributed by atoms with E-state index in [9.17, 15) is 9.59 Å². The van der Waals surface area contributed by atoms with E-state index in [1.165, 1.54) is 11.0 Å². The van der Waals surface area contributed by atoms with Crippen LogP contribution in [0.3, 0.4) is 0 Å². The molecule has 3 heterocycles. The molecule has 0 saturated carbocycles. The first-order valence-corrected chi connectivity index (χ1v) is 9.03. The quantitative estimate of drug-likeness (QED) is 0.778. The number of hydrogen-bond donors (Lipinski definition) is 1. The molecule has 1 unspecified atom stereocenters. The largest absolute Gasteiger partial charge is 0.342 e. The van der Waals surface area contributed by atoms with E-state index in [1.54, 1.807) is 7.05 Å². The summed E-state index contributed by atoms with van der Waals surface area (Å²) in [6.45, 7) is 4.59. The lowest BCUT2D eigenvalue weighted by Crippen LogP contribution is -2.36. The minimum absolute atomic E-state index is 0.386. The molecule has 0 radical (unpaired) electrons. The van der Waals surface area contributed by atoms with Gasteiger partial charge in [-0.2, -0.15) is 4.98 Å². The van der Waals surface area contributed by atoms with Crippen LogP contribution in [0.2, 0.25) is 0 Å². The van der Waals surface area contributed by atoms with Crippen molar-refractivity contribution in [3.63, 3.8) is 0 Å². The van der Waals surface area contributed by atoms with Crippen LogP contribution in [0.15, 0.2) is 39.9 Å². The summed E-state index contributed by atoms with van der Waals surface area (Å²) in [6.07, 6.45) is 2.31. The maximum absolute atomic E-state index is 12.6. The highest BCUT2D eigenvalue weighted by molar-refractivity contribution is 5.74. The fourth-order valence-corrected chi connectivity index (χ4v) is 3.75. The molecule has 1 aliphatic heterocycles. The SMILES string of the molecule is CC1CCCN(c2nc3c(c(=O)[nH]c(=O)n3C)n2Cc2ccccc2)C1. The zero-order valence-corrected chi connectivity index (χ0v) is 15.1. The summed E-state index contributed by atoms with van der Waals surface area (Å²) >= 11 is 0. The lowest BCUT2D eigenvalue weighted by molar-refractivity contribution is 0.439. The number of piperidine rings is 1. The van der Waals surface area contributed by atoms with Gasteiger partial charge in [-0.3, -0.25) is 18.9 Å². The number of benzene rings is 1. The van der Waals surface area contributed by atoms with Gasteiger partial charge in [0, 0.05) is 20.1 Å². The van der Waals surface area contributed by atoms with Crippen molar-refractivity contribution in [3.8, 4) is 0 Å². The molecule has 2 aromatic heterocycles. The third-order valence-electron chi connectivity index (χ3n) is 5.11. The number of aromatic nitrogens is 4. The van der Waals surface area contributed by atoms with Crippen molar-refractivity contribution in [2.75, 3.05) is 18.0 Å². The van der Waals surface area contributed by atoms with Gasteiger partial charge in [-0.05, 0) is 24.3 Å². The number of anilines is 1. The molecular formula is C19H23N5O2. The van der Waals surface area contributed by atoms with E-state index in [2.05, 4.69) is 16.8 Å². The lowest BCUT2D eigenvalue weighted by atomic mass is 10.0. The van der Waals surface area contributed by atoms with Crippen LogP contribution in [-0.4, -0.2) is 32.2 Å². The molecule has 0 aliphatic carbocycles. The zero-order chi connectivity index (χ0) is 18.3. The smallest absolute Gasteiger partial charge is 0.329 e. The summed E-state index contributed by atoms with van der Waals surface area (Å²) in [7, 11) is 1.64. The summed E-state index contributed by atoms with van der Waals surface area (Å²) in [5, 5.41) is 0. The van der Waals surface area contributed by atoms with E-state index < -0.39 is 5.69 Å². The molecule has 26 heavy (non-hydrogen) atoms. The Kier molecular flexibility index (Phi) is 4.14. The van der Waals surface area contributed by atoms with E-state index in [0.717, 1.165) is 31.0 Å². The van der Waals surface area contributed by atoms with Gasteiger partial charge < -0.3 is 4.90 Å². The molecule has 1 aliphatic rings. The summed E-state index contributed by atoms with van der Waals surface area (Å²) in [5.41, 5.74) is 1.15. The van der Waals surface area contributed by atoms with Crippen LogP contribution >= 0.6 is 0 Å². The first-order valence-electron chi connectivity index (χ1n) is 9.03. The highest BCUT2D eigenvalue weighted by Gasteiger charge is 2.24. The van der Waals surface area contributed by atoms with Gasteiger partial charge in [0.05, 0.1) is 6.54 Å². The highest BCUT2D eigenvalue weighted by Crippen LogP contribution is 2.25. The summed E-state index contributed by atoms with van der Waals surface area (Å²) in [6, 6.07) is 10.0. The lowest BCUT2D eigenvalue weighted by Gasteiger charge is -2.32. The van der Waals surface area contributed by atoms with Crippen molar-refractivity contribution < 1.29 is 0 Å². The topological polar surface area (TPSA) is 75.9 Å². The molecule has 1 N–H and O–H groups in total. The Labute approximate surface area is 150 Å². The predicted octanol–water partition coefficient (Wildman–Crippen LogP) is 1.71. The summed E-state index contributed by atoms with van der Waals surface area (Å²) in [4.78, 5) is 33.9. The maximum atomic E-state index is 12.6. The maximum Gasteiger partial charge on any atom is 0.329 e. The summed E-state index contributed by atoms with van der Waals surface area (Å²) < 4.78 is 3.36. The minimum atomic E-state index is -0.439. The monoisotopic (exact) mass is 353 g/mol. The Balaban J connectivity index is 1.93. The number of rotatable bonds is 3. The van der Waals surface area contributed by atoms with E-state index in [4.69, 9.17) is 4.98 Å². The van der Waals surface area contributed by atoms with Gasteiger partial charge in [0.1, 0.15) is 0 Å². The minimum Gasteiger partial charge on any atom is -0.342 e. The van der Waals surface area contributed by atoms with Crippen LogP contribution in [0, 0.1) is 5.92 Å². The average molecular weight is 353 g/mol. The van der Waals surface area contributed by atoms with Gasteiger partial charge >= 0.3 is 5.69 Å². The van der Waals surface area contributed by atoms with Crippen LogP contribution in [0.5, 0.6) is 0 Å². The van der Waals surface area contributed by atoms with Crippen molar-refractivity contribution in [3.05, 3.63) is 56.7 Å². The van der Waals surface area contributed by atoms with Crippen molar-refractivity contribution in [1.82, 2.24) is 19.1 Å². The highest BCUT2D eigenvalue weighted by atomic mass is 16.2. The van der Waals surface area contributed by atoms with Gasteiger partial charge in [0.15, 0.2) is 11.2 Å². The second kappa shape index (κ2) is 6.48. The molecule has 1 fully saturated rings. The third kappa shape index (κ3) is 2.83.